The van der Waals surface area contributed by atoms with Gasteiger partial charge in [0.05, 0.1) is 16.7 Å². The summed E-state index contributed by atoms with van der Waals surface area (Å²) in [5.41, 5.74) is -0.201. The van der Waals surface area contributed by atoms with Crippen molar-refractivity contribution in [1.82, 2.24) is 15.1 Å². The third-order valence-corrected chi connectivity index (χ3v) is 9.29. The van der Waals surface area contributed by atoms with Crippen LogP contribution in [0.3, 0.4) is 0 Å². The SMILES string of the molecule is CC(=O)Oc1cccc(C(=O)NCCCCCCN(CCCCCCN(CC(=O)O)C(=O)c2cccc(OC(C)=O)c2OC(C)=O)C(=O)c2cccc(OC(C)=O)c2OC(C)=O)c1OC(C)=O. The number of carboxylic acids is 1. The Balaban J connectivity index is 1.69. The topological polar surface area (TPSA) is 265 Å². The summed E-state index contributed by atoms with van der Waals surface area (Å²) >= 11 is 0. The Morgan fingerprint density at radius 1 is 0.433 bits per heavy atom. The number of amides is 3. The largest absolute Gasteiger partial charge is 0.480 e. The van der Waals surface area contributed by atoms with Gasteiger partial charge in [-0.05, 0) is 62.1 Å². The average molecular weight is 934 g/mol. The van der Waals surface area contributed by atoms with E-state index >= 15 is 0 Å². The smallest absolute Gasteiger partial charge is 0.323 e. The Morgan fingerprint density at radius 3 is 1.13 bits per heavy atom. The first-order chi connectivity index (χ1) is 31.8. The molecule has 0 aliphatic heterocycles. The lowest BCUT2D eigenvalue weighted by Gasteiger charge is -2.25. The second kappa shape index (κ2) is 27.0. The number of esters is 6. The van der Waals surface area contributed by atoms with Crippen LogP contribution < -0.4 is 33.7 Å². The third kappa shape index (κ3) is 18.0. The van der Waals surface area contributed by atoms with Crippen molar-refractivity contribution in [2.75, 3.05) is 32.7 Å². The van der Waals surface area contributed by atoms with Crippen LogP contribution in [0.5, 0.6) is 34.5 Å². The number of rotatable bonds is 25. The molecule has 20 heteroatoms. The number of carboxylic acid groups (broad SMARTS) is 1. The number of ether oxygens (including phenoxy) is 6. The van der Waals surface area contributed by atoms with Crippen LogP contribution in [0.2, 0.25) is 0 Å². The molecule has 0 bridgehead atoms. The van der Waals surface area contributed by atoms with Crippen molar-refractivity contribution in [2.45, 2.75) is 92.9 Å². The van der Waals surface area contributed by atoms with Crippen molar-refractivity contribution in [3.8, 4) is 34.5 Å². The Labute approximate surface area is 386 Å². The van der Waals surface area contributed by atoms with Gasteiger partial charge in [0.1, 0.15) is 6.54 Å². The van der Waals surface area contributed by atoms with E-state index in [1.165, 1.54) is 61.5 Å². The summed E-state index contributed by atoms with van der Waals surface area (Å²) in [7, 11) is 0. The van der Waals surface area contributed by atoms with Crippen molar-refractivity contribution in [2.24, 2.45) is 0 Å². The number of nitrogens with zero attached hydrogens (tertiary/aromatic N) is 2. The van der Waals surface area contributed by atoms with E-state index in [2.05, 4.69) is 5.32 Å². The van der Waals surface area contributed by atoms with Gasteiger partial charge in [-0.2, -0.15) is 0 Å². The van der Waals surface area contributed by atoms with Gasteiger partial charge in [-0.25, -0.2) is 0 Å². The molecule has 360 valence electrons. The van der Waals surface area contributed by atoms with Gasteiger partial charge < -0.3 is 48.6 Å². The van der Waals surface area contributed by atoms with E-state index in [1.54, 1.807) is 4.90 Å². The summed E-state index contributed by atoms with van der Waals surface area (Å²) in [6.45, 7) is 6.89. The van der Waals surface area contributed by atoms with Gasteiger partial charge in [0.15, 0.2) is 34.5 Å². The van der Waals surface area contributed by atoms with Crippen LogP contribution in [0.1, 0.15) is 124 Å². The molecule has 0 saturated heterocycles. The number of para-hydroxylation sites is 3. The number of aliphatic carboxylic acids is 1. The number of nitrogens with one attached hydrogen (secondary N) is 1. The predicted octanol–water partition coefficient (Wildman–Crippen LogP) is 5.46. The molecule has 3 rings (SSSR count). The number of unbranched alkanes of at least 4 members (excludes halogenated alkanes) is 6. The van der Waals surface area contributed by atoms with E-state index in [-0.39, 0.29) is 77.4 Å². The molecule has 0 saturated carbocycles. The quantitative estimate of drug-likeness (QED) is 0.0607. The summed E-state index contributed by atoms with van der Waals surface area (Å²) in [4.78, 5) is 126. The molecule has 0 spiro atoms. The molecule has 0 atom stereocenters. The molecule has 3 aromatic rings. The Hall–Kier alpha value is -7.64. The fourth-order valence-electron chi connectivity index (χ4n) is 6.62. The highest BCUT2D eigenvalue weighted by Crippen LogP contribution is 2.35. The average Bonchev–Trinajstić information content (AvgIpc) is 3.23. The summed E-state index contributed by atoms with van der Waals surface area (Å²) < 4.78 is 31.2. The number of hydrogen-bond donors (Lipinski definition) is 2. The molecular weight excluding hydrogens is 879 g/mol. The summed E-state index contributed by atoms with van der Waals surface area (Å²) in [5, 5.41) is 12.4. The van der Waals surface area contributed by atoms with Crippen LogP contribution in [0, 0.1) is 0 Å². The van der Waals surface area contributed by atoms with Crippen molar-refractivity contribution >= 4 is 59.5 Å². The second-order valence-electron chi connectivity index (χ2n) is 15.0. The van der Waals surface area contributed by atoms with E-state index in [1.807, 2.05) is 0 Å². The Kier molecular flexibility index (Phi) is 21.6. The standard InChI is InChI=1S/C47H55N3O17/c1-29(51)62-38-21-15-18-35(42(38)65-32(4)54)45(59)48-24-11-7-8-12-25-49(46(60)36-19-16-22-39(63-30(2)52)43(36)66-33(5)55)26-13-9-10-14-27-50(28-41(57)58)47(61)37-20-17-23-40(64-31(3)53)44(37)67-34(6)56/h15-23H,7-14,24-28H2,1-6H3,(H,48,59)(H,57,58). The maximum Gasteiger partial charge on any atom is 0.323 e. The molecule has 2 N–H and O–H groups in total. The fraction of sp³-hybridized carbons (Fsp3) is 0.404. The number of carbonyl (C=O) groups excluding carboxylic acids is 9. The van der Waals surface area contributed by atoms with Crippen LogP contribution in [-0.4, -0.2) is 107 Å². The zero-order valence-corrected chi connectivity index (χ0v) is 38.3. The van der Waals surface area contributed by atoms with E-state index < -0.39 is 66.1 Å². The summed E-state index contributed by atoms with van der Waals surface area (Å²) in [6.07, 6.45) is 4.16. The molecule has 20 nitrogen and oxygen atoms in total. The van der Waals surface area contributed by atoms with Crippen LogP contribution in [-0.2, 0) is 33.6 Å². The van der Waals surface area contributed by atoms with Crippen molar-refractivity contribution < 1.29 is 81.5 Å². The van der Waals surface area contributed by atoms with Gasteiger partial charge in [-0.1, -0.05) is 43.9 Å². The van der Waals surface area contributed by atoms with E-state index in [4.69, 9.17) is 28.4 Å². The lowest BCUT2D eigenvalue weighted by atomic mass is 10.1. The Bertz CT molecular complexity index is 2320. The lowest BCUT2D eigenvalue weighted by molar-refractivity contribution is -0.138. The minimum Gasteiger partial charge on any atom is -0.480 e. The first-order valence-electron chi connectivity index (χ1n) is 21.4. The zero-order chi connectivity index (χ0) is 49.6. The normalized spacial score (nSPS) is 10.5. The molecule has 3 amide bonds. The van der Waals surface area contributed by atoms with Gasteiger partial charge in [0, 0.05) is 67.7 Å². The molecule has 0 radical (unpaired) electrons. The van der Waals surface area contributed by atoms with Crippen molar-refractivity contribution in [3.63, 3.8) is 0 Å². The highest BCUT2D eigenvalue weighted by molar-refractivity contribution is 6.01. The molecule has 0 unspecified atom stereocenters. The third-order valence-electron chi connectivity index (χ3n) is 9.29. The van der Waals surface area contributed by atoms with Gasteiger partial charge in [-0.15, -0.1) is 0 Å². The minimum atomic E-state index is -1.29. The van der Waals surface area contributed by atoms with Crippen LogP contribution >= 0.6 is 0 Å². The molecule has 0 aliphatic carbocycles. The zero-order valence-electron chi connectivity index (χ0n) is 38.3. The van der Waals surface area contributed by atoms with Crippen molar-refractivity contribution in [1.29, 1.82) is 0 Å². The van der Waals surface area contributed by atoms with E-state index in [0.29, 0.717) is 51.4 Å². The van der Waals surface area contributed by atoms with Gasteiger partial charge in [-0.3, -0.25) is 47.9 Å². The van der Waals surface area contributed by atoms with Crippen LogP contribution in [0.4, 0.5) is 0 Å². The summed E-state index contributed by atoms with van der Waals surface area (Å²) in [6, 6.07) is 12.7. The van der Waals surface area contributed by atoms with Gasteiger partial charge in [0.2, 0.25) is 0 Å². The van der Waals surface area contributed by atoms with E-state index in [9.17, 15) is 53.1 Å². The number of carbonyl (C=O) groups is 10. The predicted molar refractivity (Wildman–Crippen MR) is 236 cm³/mol. The molecule has 3 aromatic carbocycles. The van der Waals surface area contributed by atoms with Gasteiger partial charge >= 0.3 is 41.8 Å². The fourth-order valence-corrected chi connectivity index (χ4v) is 6.62. The van der Waals surface area contributed by atoms with E-state index in [0.717, 1.165) is 39.5 Å². The monoisotopic (exact) mass is 933 g/mol. The van der Waals surface area contributed by atoms with Crippen LogP contribution in [0.15, 0.2) is 54.6 Å². The highest BCUT2D eigenvalue weighted by atomic mass is 16.6. The van der Waals surface area contributed by atoms with Crippen LogP contribution in [0.25, 0.3) is 0 Å². The molecule has 0 heterocycles. The Morgan fingerprint density at radius 2 is 0.761 bits per heavy atom. The molecule has 0 fully saturated rings. The maximum atomic E-state index is 14.2. The molecule has 0 aliphatic rings. The second-order valence-corrected chi connectivity index (χ2v) is 15.0. The molecule has 0 aromatic heterocycles. The minimum absolute atomic E-state index is 0.00167. The van der Waals surface area contributed by atoms with Gasteiger partial charge in [0.25, 0.3) is 17.7 Å². The summed E-state index contributed by atoms with van der Waals surface area (Å²) in [5.74, 6) is -8.60. The number of hydrogen-bond acceptors (Lipinski definition) is 16. The highest BCUT2D eigenvalue weighted by Gasteiger charge is 2.27. The maximum absolute atomic E-state index is 14.2. The van der Waals surface area contributed by atoms with Crippen molar-refractivity contribution in [3.05, 3.63) is 71.3 Å². The lowest BCUT2D eigenvalue weighted by Crippen LogP contribution is -2.37. The molecular formula is C47H55N3O17. The number of benzene rings is 3. The molecule has 67 heavy (non-hydrogen) atoms. The first-order valence-corrected chi connectivity index (χ1v) is 21.4. The first kappa shape index (κ1) is 53.7.